The van der Waals surface area contributed by atoms with Crippen molar-refractivity contribution in [1.82, 2.24) is 9.97 Å². The normalized spacial score (nSPS) is 10.5. The topological polar surface area (TPSA) is 68.9 Å². The molecule has 0 spiro atoms. The summed E-state index contributed by atoms with van der Waals surface area (Å²) in [5, 5.41) is 3.26. The van der Waals surface area contributed by atoms with Gasteiger partial charge in [-0.3, -0.25) is 0 Å². The second-order valence-corrected chi connectivity index (χ2v) is 5.34. The van der Waals surface area contributed by atoms with Gasteiger partial charge in [0.2, 0.25) is 0 Å². The summed E-state index contributed by atoms with van der Waals surface area (Å²) in [5.41, 5.74) is 7.68. The molecule has 3 aromatic rings. The minimum atomic E-state index is 0.391. The fourth-order valence-corrected chi connectivity index (χ4v) is 2.82. The molecule has 6 heteroatoms. The number of rotatable bonds is 2. The summed E-state index contributed by atoms with van der Waals surface area (Å²) in [6.07, 6.45) is 0. The van der Waals surface area contributed by atoms with E-state index in [4.69, 9.17) is 5.73 Å². The number of para-hydroxylation sites is 1. The van der Waals surface area contributed by atoms with E-state index in [1.54, 1.807) is 5.38 Å². The van der Waals surface area contributed by atoms with Crippen LogP contribution in [0.1, 0.15) is 11.4 Å². The van der Waals surface area contributed by atoms with E-state index in [1.807, 2.05) is 36.4 Å². The predicted octanol–water partition coefficient (Wildman–Crippen LogP) is 2.06. The Balaban J connectivity index is 2.14. The van der Waals surface area contributed by atoms with Crippen molar-refractivity contribution in [2.24, 2.45) is 0 Å². The van der Waals surface area contributed by atoms with E-state index in [0.717, 1.165) is 10.9 Å². The van der Waals surface area contributed by atoms with Crippen LogP contribution in [0.2, 0.25) is 0 Å². The molecule has 0 aliphatic heterocycles. The first-order valence-electron chi connectivity index (χ1n) is 5.52. The van der Waals surface area contributed by atoms with Gasteiger partial charge < -0.3 is 5.73 Å². The van der Waals surface area contributed by atoms with E-state index >= 15 is 0 Å². The van der Waals surface area contributed by atoms with E-state index in [1.165, 1.54) is 11.3 Å². The van der Waals surface area contributed by atoms with Crippen LogP contribution in [0.15, 0.2) is 41.8 Å². The maximum Gasteiger partial charge on any atom is 0.180 e. The second kappa shape index (κ2) is 4.91. The molecule has 0 saturated carbocycles. The summed E-state index contributed by atoms with van der Waals surface area (Å²) < 4.78 is 11.3. The number of nitrogen functional groups attached to an aromatic ring is 1. The number of fused-ring (bicyclic) bond motifs is 1. The van der Waals surface area contributed by atoms with Crippen molar-refractivity contribution in [2.75, 3.05) is 5.73 Å². The monoisotopic (exact) mass is 287 g/mol. The highest BCUT2D eigenvalue weighted by atomic mass is 32.1. The number of benzene rings is 1. The quantitative estimate of drug-likeness (QED) is 0.578. The zero-order chi connectivity index (χ0) is 13.2. The lowest BCUT2D eigenvalue weighted by Gasteiger charge is -2.02. The third-order valence-electron chi connectivity index (χ3n) is 2.67. The van der Waals surface area contributed by atoms with Crippen LogP contribution >= 0.6 is 11.3 Å². The molecule has 0 bridgehead atoms. The van der Waals surface area contributed by atoms with E-state index < -0.39 is 0 Å². The number of aromatic nitrogens is 2. The highest BCUT2D eigenvalue weighted by Crippen LogP contribution is 2.17. The highest BCUT2D eigenvalue weighted by Gasteiger charge is 2.12. The Hall–Kier alpha value is -2.05. The molecule has 0 amide bonds. The number of thiazole rings is 1. The molecular formula is C13H9N3OS2. The molecule has 0 atom stereocenters. The minimum absolute atomic E-state index is 0.391. The van der Waals surface area contributed by atoms with E-state index in [9.17, 15) is 4.21 Å². The molecule has 94 valence electrons. The molecule has 0 radical (unpaired) electrons. The van der Waals surface area contributed by atoms with Crippen molar-refractivity contribution < 1.29 is 4.21 Å². The zero-order valence-electron chi connectivity index (χ0n) is 9.74. The minimum Gasteiger partial charge on any atom is -0.375 e. The lowest BCUT2D eigenvalue weighted by molar-refractivity contribution is 0.701. The van der Waals surface area contributed by atoms with Crippen LogP contribution in [-0.2, 0) is 11.3 Å². The number of pyridine rings is 1. The van der Waals surface area contributed by atoms with Crippen molar-refractivity contribution in [3.05, 3.63) is 53.2 Å². The predicted molar refractivity (Wildman–Crippen MR) is 79.6 cm³/mol. The summed E-state index contributed by atoms with van der Waals surface area (Å²) in [5.74, 6) is 0. The maximum absolute atomic E-state index is 11.3. The molecule has 0 aliphatic carbocycles. The first-order valence-corrected chi connectivity index (χ1v) is 7.14. The molecule has 0 fully saturated rings. The van der Waals surface area contributed by atoms with E-state index in [-0.39, 0.29) is 0 Å². The molecular weight excluding hydrogens is 278 g/mol. The Morgan fingerprint density at radius 3 is 2.68 bits per heavy atom. The number of hydrogen-bond acceptors (Lipinski definition) is 5. The molecule has 2 heterocycles. The van der Waals surface area contributed by atoms with Gasteiger partial charge in [-0.05, 0) is 12.1 Å². The van der Waals surface area contributed by atoms with Crippen LogP contribution in [0.4, 0.5) is 5.13 Å². The molecule has 0 unspecified atom stereocenters. The summed E-state index contributed by atoms with van der Waals surface area (Å²) >= 11 is 1.70. The third-order valence-corrected chi connectivity index (χ3v) is 3.93. The molecule has 2 aromatic heterocycles. The zero-order valence-corrected chi connectivity index (χ0v) is 11.4. The molecule has 19 heavy (non-hydrogen) atoms. The number of nitrogens with two attached hydrogens (primary N) is 1. The average Bonchev–Trinajstić information content (AvgIpc) is 2.86. The number of hydrogen-bond donors (Lipinski definition) is 1. The van der Waals surface area contributed by atoms with E-state index in [0.29, 0.717) is 32.6 Å². The van der Waals surface area contributed by atoms with Gasteiger partial charge in [0.1, 0.15) is 16.1 Å². The van der Waals surface area contributed by atoms with Crippen LogP contribution in [0.5, 0.6) is 0 Å². The Morgan fingerprint density at radius 1 is 1.11 bits per heavy atom. The van der Waals surface area contributed by atoms with Gasteiger partial charge in [-0.15, -0.1) is 11.3 Å². The van der Waals surface area contributed by atoms with Gasteiger partial charge in [0.15, 0.2) is 5.13 Å². The SMILES string of the molecule is Nc1nc(C(=S=O)c2ccc3ccccc3n2)cs1. The van der Waals surface area contributed by atoms with Gasteiger partial charge in [-0.25, -0.2) is 14.2 Å². The van der Waals surface area contributed by atoms with Crippen LogP contribution < -0.4 is 5.73 Å². The van der Waals surface area contributed by atoms with Crippen LogP contribution in [0, 0.1) is 0 Å². The summed E-state index contributed by atoms with van der Waals surface area (Å²) in [7, 11) is 0. The molecule has 2 N–H and O–H groups in total. The average molecular weight is 287 g/mol. The first-order chi connectivity index (χ1) is 9.28. The fourth-order valence-electron chi connectivity index (χ4n) is 1.80. The fraction of sp³-hybridized carbons (Fsp3) is 0. The Bertz CT molecular complexity index is 806. The van der Waals surface area contributed by atoms with Gasteiger partial charge in [0, 0.05) is 10.8 Å². The smallest absolute Gasteiger partial charge is 0.180 e. The summed E-state index contributed by atoms with van der Waals surface area (Å²) in [6.45, 7) is 0. The van der Waals surface area contributed by atoms with Gasteiger partial charge in [0.05, 0.1) is 16.9 Å². The highest BCUT2D eigenvalue weighted by molar-refractivity contribution is 7.67. The molecule has 4 nitrogen and oxygen atoms in total. The van der Waals surface area contributed by atoms with Crippen LogP contribution in [0.25, 0.3) is 10.9 Å². The molecule has 3 rings (SSSR count). The number of anilines is 1. The van der Waals surface area contributed by atoms with Crippen molar-refractivity contribution in [3.63, 3.8) is 0 Å². The Morgan fingerprint density at radius 2 is 1.95 bits per heavy atom. The van der Waals surface area contributed by atoms with Crippen LogP contribution in [-0.4, -0.2) is 19.0 Å². The standard InChI is InChI=1S/C13H9N3OS2/c14-13-16-11(7-18-13)12(19-17)10-6-5-8-3-1-2-4-9(8)15-10/h1-7H,(H2,14,16). The summed E-state index contributed by atoms with van der Waals surface area (Å²) in [4.78, 5) is 9.13. The van der Waals surface area contributed by atoms with Gasteiger partial charge in [-0.2, -0.15) is 0 Å². The Labute approximate surface area is 117 Å². The van der Waals surface area contributed by atoms with Crippen LogP contribution in [0.3, 0.4) is 0 Å². The largest absolute Gasteiger partial charge is 0.375 e. The van der Waals surface area contributed by atoms with Gasteiger partial charge in [-0.1, -0.05) is 24.3 Å². The van der Waals surface area contributed by atoms with Gasteiger partial charge in [0.25, 0.3) is 0 Å². The van der Waals surface area contributed by atoms with Crippen molar-refractivity contribution >= 4 is 43.5 Å². The first kappa shape index (κ1) is 12.0. The second-order valence-electron chi connectivity index (χ2n) is 3.87. The van der Waals surface area contributed by atoms with Crippen molar-refractivity contribution in [3.8, 4) is 0 Å². The Kier molecular flexibility index (Phi) is 3.10. The van der Waals surface area contributed by atoms with Crippen molar-refractivity contribution in [1.29, 1.82) is 0 Å². The maximum atomic E-state index is 11.3. The van der Waals surface area contributed by atoms with E-state index in [2.05, 4.69) is 9.97 Å². The lowest BCUT2D eigenvalue weighted by Crippen LogP contribution is -2.06. The molecule has 0 saturated heterocycles. The number of nitrogens with zero attached hydrogens (tertiary/aromatic N) is 2. The summed E-state index contributed by atoms with van der Waals surface area (Å²) in [6, 6.07) is 11.6. The van der Waals surface area contributed by atoms with Gasteiger partial charge >= 0.3 is 0 Å². The molecule has 0 aliphatic rings. The molecule has 1 aromatic carbocycles. The van der Waals surface area contributed by atoms with Crippen molar-refractivity contribution in [2.45, 2.75) is 0 Å². The third kappa shape index (κ3) is 2.27. The lowest BCUT2D eigenvalue weighted by atomic mass is 10.1.